The fraction of sp³-hybridized carbons (Fsp3) is 0.400. The van der Waals surface area contributed by atoms with Gasteiger partial charge in [-0.1, -0.05) is 0 Å². The Morgan fingerprint density at radius 3 is 2.79 bits per heavy atom. The number of anilines is 1. The summed E-state index contributed by atoms with van der Waals surface area (Å²) in [4.78, 5) is 0.390. The number of rotatable bonds is 0. The zero-order chi connectivity index (χ0) is 10.3. The lowest BCUT2D eigenvalue weighted by atomic mass is 10.2. The number of hydrogen-bond donors (Lipinski definition) is 1. The summed E-state index contributed by atoms with van der Waals surface area (Å²) in [6.07, 6.45) is 0. The highest BCUT2D eigenvalue weighted by atomic mass is 32.2. The van der Waals surface area contributed by atoms with E-state index in [1.807, 2.05) is 13.8 Å². The molecule has 1 aromatic rings. The predicted molar refractivity (Wildman–Crippen MR) is 54.8 cm³/mol. The van der Waals surface area contributed by atoms with Gasteiger partial charge in [0.1, 0.15) is 0 Å². The lowest BCUT2D eigenvalue weighted by Crippen LogP contribution is -2.30. The van der Waals surface area contributed by atoms with Crippen molar-refractivity contribution in [2.24, 2.45) is 0 Å². The average Bonchev–Trinajstić information content (AvgIpc) is 2.11. The third-order valence-electron chi connectivity index (χ3n) is 2.13. The molecule has 0 radical (unpaired) electrons. The van der Waals surface area contributed by atoms with Crippen LogP contribution in [0.25, 0.3) is 0 Å². The lowest BCUT2D eigenvalue weighted by Gasteiger charge is -2.31. The molecule has 1 heterocycles. The molecule has 76 valence electrons. The van der Waals surface area contributed by atoms with Crippen LogP contribution in [-0.2, 0) is 0 Å². The highest BCUT2D eigenvalue weighted by molar-refractivity contribution is 8.00. The van der Waals surface area contributed by atoms with Gasteiger partial charge in [0.2, 0.25) is 0 Å². The zero-order valence-electron chi connectivity index (χ0n) is 8.03. The van der Waals surface area contributed by atoms with Crippen LogP contribution in [0.3, 0.4) is 0 Å². The maximum Gasteiger partial charge on any atom is 0.174 e. The molecule has 1 aliphatic heterocycles. The molecular weight excluding hydrogens is 204 g/mol. The maximum atomic E-state index is 13.4. The number of benzene rings is 1. The van der Waals surface area contributed by atoms with Crippen LogP contribution in [0.4, 0.5) is 14.5 Å². The quantitative estimate of drug-likeness (QED) is 0.713. The van der Waals surface area contributed by atoms with Gasteiger partial charge in [0.25, 0.3) is 0 Å². The van der Waals surface area contributed by atoms with Crippen molar-refractivity contribution < 1.29 is 8.78 Å². The van der Waals surface area contributed by atoms with Crippen LogP contribution in [-0.4, -0.2) is 11.3 Å². The average molecular weight is 215 g/mol. The van der Waals surface area contributed by atoms with Crippen molar-refractivity contribution >= 4 is 17.4 Å². The van der Waals surface area contributed by atoms with Gasteiger partial charge in [-0.15, -0.1) is 11.8 Å². The van der Waals surface area contributed by atoms with Gasteiger partial charge in [0, 0.05) is 11.3 Å². The Labute approximate surface area is 85.9 Å². The van der Waals surface area contributed by atoms with Gasteiger partial charge in [0.15, 0.2) is 11.6 Å². The molecule has 1 aromatic carbocycles. The van der Waals surface area contributed by atoms with Gasteiger partial charge in [-0.3, -0.25) is 0 Å². The second-order valence-electron chi connectivity index (χ2n) is 3.95. The van der Waals surface area contributed by atoms with Crippen LogP contribution < -0.4 is 5.32 Å². The Morgan fingerprint density at radius 1 is 1.36 bits per heavy atom. The van der Waals surface area contributed by atoms with Crippen molar-refractivity contribution in [2.45, 2.75) is 23.5 Å². The van der Waals surface area contributed by atoms with E-state index in [4.69, 9.17) is 0 Å². The van der Waals surface area contributed by atoms with Gasteiger partial charge in [-0.05, 0) is 26.0 Å². The van der Waals surface area contributed by atoms with Crippen molar-refractivity contribution in [3.8, 4) is 0 Å². The van der Waals surface area contributed by atoms with Crippen molar-refractivity contribution in [2.75, 3.05) is 11.9 Å². The first-order valence-corrected chi connectivity index (χ1v) is 5.22. The van der Waals surface area contributed by atoms with E-state index >= 15 is 0 Å². The summed E-state index contributed by atoms with van der Waals surface area (Å²) in [5.74, 6) is -1.52. The second kappa shape index (κ2) is 3.12. The molecule has 0 amide bonds. The standard InChI is InChI=1S/C10H11F2NS/c1-10(2)5-13-7-4-3-6(11)8(12)9(7)14-10/h3-4,13H,5H2,1-2H3. The molecule has 0 bridgehead atoms. The van der Waals surface area contributed by atoms with Crippen molar-refractivity contribution in [3.63, 3.8) is 0 Å². The molecule has 4 heteroatoms. The summed E-state index contributed by atoms with van der Waals surface area (Å²) >= 11 is 1.38. The topological polar surface area (TPSA) is 12.0 Å². The van der Waals surface area contributed by atoms with Gasteiger partial charge in [0.05, 0.1) is 10.6 Å². The van der Waals surface area contributed by atoms with E-state index in [2.05, 4.69) is 5.32 Å². The molecule has 0 saturated carbocycles. The van der Waals surface area contributed by atoms with Gasteiger partial charge < -0.3 is 5.32 Å². The lowest BCUT2D eigenvalue weighted by molar-refractivity contribution is 0.490. The third kappa shape index (κ3) is 1.59. The summed E-state index contributed by atoms with van der Waals surface area (Å²) in [7, 11) is 0. The fourth-order valence-electron chi connectivity index (χ4n) is 1.39. The molecule has 0 spiro atoms. The van der Waals surface area contributed by atoms with Crippen LogP contribution >= 0.6 is 11.8 Å². The van der Waals surface area contributed by atoms with Crippen LogP contribution in [0.2, 0.25) is 0 Å². The van der Waals surface area contributed by atoms with E-state index < -0.39 is 11.6 Å². The normalized spacial score (nSPS) is 18.6. The third-order valence-corrected chi connectivity index (χ3v) is 3.43. The van der Waals surface area contributed by atoms with Crippen LogP contribution in [0, 0.1) is 11.6 Å². The van der Waals surface area contributed by atoms with E-state index in [1.54, 1.807) is 6.07 Å². The fourth-order valence-corrected chi connectivity index (χ4v) is 2.53. The predicted octanol–water partition coefficient (Wildman–Crippen LogP) is 3.26. The number of halogens is 2. The van der Waals surface area contributed by atoms with Gasteiger partial charge in [-0.2, -0.15) is 0 Å². The minimum atomic E-state index is -0.782. The first kappa shape index (κ1) is 9.77. The molecule has 1 N–H and O–H groups in total. The monoisotopic (exact) mass is 215 g/mol. The molecule has 2 rings (SSSR count). The summed E-state index contributed by atoms with van der Waals surface area (Å²) in [5.41, 5.74) is 0.688. The SMILES string of the molecule is CC1(C)CNc2ccc(F)c(F)c2S1. The summed E-state index contributed by atoms with van der Waals surface area (Å²) in [6.45, 7) is 4.76. The molecule has 14 heavy (non-hydrogen) atoms. The van der Waals surface area contributed by atoms with Crippen LogP contribution in [0.5, 0.6) is 0 Å². The van der Waals surface area contributed by atoms with Gasteiger partial charge in [-0.25, -0.2) is 8.78 Å². The first-order chi connectivity index (χ1) is 6.49. The van der Waals surface area contributed by atoms with E-state index in [1.165, 1.54) is 11.8 Å². The maximum absolute atomic E-state index is 13.4. The summed E-state index contributed by atoms with van der Waals surface area (Å²) in [6, 6.07) is 2.73. The Morgan fingerprint density at radius 2 is 2.07 bits per heavy atom. The van der Waals surface area contributed by atoms with E-state index in [-0.39, 0.29) is 4.75 Å². The number of hydrogen-bond acceptors (Lipinski definition) is 2. The second-order valence-corrected chi connectivity index (χ2v) is 5.67. The number of fused-ring (bicyclic) bond motifs is 1. The van der Waals surface area contributed by atoms with E-state index in [0.29, 0.717) is 10.6 Å². The molecule has 0 aromatic heterocycles. The molecular formula is C10H11F2NS. The number of thioether (sulfide) groups is 1. The summed E-state index contributed by atoms with van der Waals surface area (Å²) in [5, 5.41) is 3.09. The summed E-state index contributed by atoms with van der Waals surface area (Å²) < 4.78 is 26.2. The molecule has 1 nitrogen and oxygen atoms in total. The largest absolute Gasteiger partial charge is 0.383 e. The minimum absolute atomic E-state index is 0.0956. The zero-order valence-corrected chi connectivity index (χ0v) is 8.84. The molecule has 0 atom stereocenters. The Kier molecular flexibility index (Phi) is 2.18. The first-order valence-electron chi connectivity index (χ1n) is 4.40. The smallest absolute Gasteiger partial charge is 0.174 e. The Bertz CT molecular complexity index is 377. The molecule has 0 fully saturated rings. The van der Waals surface area contributed by atoms with Crippen molar-refractivity contribution in [1.29, 1.82) is 0 Å². The van der Waals surface area contributed by atoms with Crippen LogP contribution in [0.15, 0.2) is 17.0 Å². The van der Waals surface area contributed by atoms with Crippen LogP contribution in [0.1, 0.15) is 13.8 Å². The highest BCUT2D eigenvalue weighted by Gasteiger charge is 2.29. The van der Waals surface area contributed by atoms with E-state index in [9.17, 15) is 8.78 Å². The van der Waals surface area contributed by atoms with Gasteiger partial charge >= 0.3 is 0 Å². The highest BCUT2D eigenvalue weighted by Crippen LogP contribution is 2.43. The Hall–Kier alpha value is -0.770. The molecule has 0 aliphatic carbocycles. The Balaban J connectivity index is 2.49. The van der Waals surface area contributed by atoms with Crippen molar-refractivity contribution in [1.82, 2.24) is 0 Å². The molecule has 1 aliphatic rings. The molecule has 0 saturated heterocycles. The minimum Gasteiger partial charge on any atom is -0.383 e. The van der Waals surface area contributed by atoms with Crippen molar-refractivity contribution in [3.05, 3.63) is 23.8 Å². The van der Waals surface area contributed by atoms with E-state index in [0.717, 1.165) is 12.6 Å². The molecule has 0 unspecified atom stereocenters. The number of nitrogens with one attached hydrogen (secondary N) is 1.